The molecule has 1 amide bonds. The number of benzene rings is 2. The Morgan fingerprint density at radius 3 is 2.39 bits per heavy atom. The van der Waals surface area contributed by atoms with Gasteiger partial charge in [-0.25, -0.2) is 9.36 Å². The first kappa shape index (κ1) is 19.9. The molecule has 1 atom stereocenters. The number of nitrogens with one attached hydrogen (secondary N) is 1. The zero-order valence-corrected chi connectivity index (χ0v) is 16.3. The van der Waals surface area contributed by atoms with Crippen LogP contribution in [0.4, 0.5) is 0 Å². The number of carboxylic acid groups (broad SMARTS) is 1. The number of rotatable bonds is 7. The molecule has 9 heteroatoms. The molecule has 156 valence electrons. The topological polar surface area (TPSA) is 122 Å². The van der Waals surface area contributed by atoms with Gasteiger partial charge in [0, 0.05) is 18.5 Å². The first-order valence-electron chi connectivity index (χ1n) is 9.48. The molecule has 1 unspecified atom stereocenters. The maximum atomic E-state index is 12.8. The molecule has 3 N–H and O–H groups in total. The van der Waals surface area contributed by atoms with Gasteiger partial charge in [-0.3, -0.25) is 9.59 Å². The van der Waals surface area contributed by atoms with Crippen LogP contribution >= 0.6 is 0 Å². The number of hydrogen-bond donors (Lipinski definition) is 3. The summed E-state index contributed by atoms with van der Waals surface area (Å²) in [6, 6.07) is 18.2. The Labute approximate surface area is 177 Å². The molecule has 2 heterocycles. The minimum atomic E-state index is -1.06. The van der Waals surface area contributed by atoms with Crippen LogP contribution in [0.1, 0.15) is 28.5 Å². The average Bonchev–Trinajstić information content (AvgIpc) is 3.44. The lowest BCUT2D eigenvalue weighted by Crippen LogP contribution is -2.30. The minimum Gasteiger partial charge on any atom is -0.493 e. The highest BCUT2D eigenvalue weighted by Gasteiger charge is 2.22. The van der Waals surface area contributed by atoms with E-state index in [0.717, 1.165) is 5.69 Å². The smallest absolute Gasteiger partial charge is 0.305 e. The van der Waals surface area contributed by atoms with Gasteiger partial charge in [0.1, 0.15) is 0 Å². The number of aromatic hydroxyl groups is 1. The van der Waals surface area contributed by atoms with Crippen molar-refractivity contribution in [2.45, 2.75) is 12.5 Å². The fourth-order valence-corrected chi connectivity index (χ4v) is 3.18. The Kier molecular flexibility index (Phi) is 5.48. The van der Waals surface area contributed by atoms with Crippen LogP contribution in [0.5, 0.6) is 5.88 Å². The van der Waals surface area contributed by atoms with Gasteiger partial charge in [0.05, 0.1) is 23.8 Å². The molecule has 0 saturated carbocycles. The summed E-state index contributed by atoms with van der Waals surface area (Å²) in [6.07, 6.45) is 3.14. The van der Waals surface area contributed by atoms with Crippen LogP contribution < -0.4 is 5.32 Å². The van der Waals surface area contributed by atoms with Crippen LogP contribution in [0, 0.1) is 0 Å². The molecular weight excluding hydrogens is 398 g/mol. The van der Waals surface area contributed by atoms with Crippen LogP contribution in [0.25, 0.3) is 11.4 Å². The van der Waals surface area contributed by atoms with Gasteiger partial charge in [-0.15, -0.1) is 0 Å². The number of aromatic nitrogens is 4. The Hall–Kier alpha value is -4.40. The molecule has 2 aromatic carbocycles. The van der Waals surface area contributed by atoms with Crippen LogP contribution in [0.15, 0.2) is 79.1 Å². The van der Waals surface area contributed by atoms with E-state index in [1.807, 2.05) is 6.07 Å². The summed E-state index contributed by atoms with van der Waals surface area (Å²) in [4.78, 5) is 24.1. The lowest BCUT2D eigenvalue weighted by molar-refractivity contribution is -0.137. The van der Waals surface area contributed by atoms with Gasteiger partial charge in [-0.2, -0.15) is 10.2 Å². The van der Waals surface area contributed by atoms with Crippen LogP contribution in [0.3, 0.4) is 0 Å². The zero-order chi connectivity index (χ0) is 21.8. The molecule has 31 heavy (non-hydrogen) atoms. The second kappa shape index (κ2) is 8.54. The number of para-hydroxylation sites is 1. The number of carboxylic acids is 1. The number of nitrogens with zero attached hydrogens (tertiary/aromatic N) is 4. The monoisotopic (exact) mass is 417 g/mol. The Morgan fingerprint density at radius 1 is 1.00 bits per heavy atom. The second-order valence-corrected chi connectivity index (χ2v) is 6.80. The third kappa shape index (κ3) is 4.45. The predicted molar refractivity (Wildman–Crippen MR) is 111 cm³/mol. The number of carbonyl (C=O) groups excluding carboxylic acids is 1. The minimum absolute atomic E-state index is 0.0232. The summed E-state index contributed by atoms with van der Waals surface area (Å²) >= 11 is 0. The second-order valence-electron chi connectivity index (χ2n) is 6.80. The van der Waals surface area contributed by atoms with Crippen molar-refractivity contribution >= 4 is 11.9 Å². The summed E-state index contributed by atoms with van der Waals surface area (Å²) in [6.45, 7) is 0. The van der Waals surface area contributed by atoms with Gasteiger partial charge in [0.25, 0.3) is 5.91 Å². The maximum Gasteiger partial charge on any atom is 0.305 e. The Morgan fingerprint density at radius 2 is 1.74 bits per heavy atom. The van der Waals surface area contributed by atoms with Gasteiger partial charge in [-0.1, -0.05) is 30.3 Å². The van der Waals surface area contributed by atoms with Gasteiger partial charge in [0.15, 0.2) is 5.69 Å². The van der Waals surface area contributed by atoms with Gasteiger partial charge in [-0.05, 0) is 35.9 Å². The first-order valence-corrected chi connectivity index (χ1v) is 9.48. The molecule has 0 aliphatic heterocycles. The molecule has 2 aromatic heterocycles. The van der Waals surface area contributed by atoms with E-state index in [-0.39, 0.29) is 18.0 Å². The number of amides is 1. The zero-order valence-electron chi connectivity index (χ0n) is 16.3. The lowest BCUT2D eigenvalue weighted by atomic mass is 10.0. The molecule has 4 aromatic rings. The highest BCUT2D eigenvalue weighted by molar-refractivity contribution is 5.93. The third-order valence-electron chi connectivity index (χ3n) is 4.67. The van der Waals surface area contributed by atoms with Crippen molar-refractivity contribution in [1.82, 2.24) is 24.9 Å². The van der Waals surface area contributed by atoms with Gasteiger partial charge >= 0.3 is 5.97 Å². The summed E-state index contributed by atoms with van der Waals surface area (Å²) in [5, 5.41) is 30.5. The van der Waals surface area contributed by atoms with E-state index in [4.69, 9.17) is 0 Å². The van der Waals surface area contributed by atoms with Crippen LogP contribution in [-0.2, 0) is 4.79 Å². The fourth-order valence-electron chi connectivity index (χ4n) is 3.18. The molecule has 0 aliphatic rings. The summed E-state index contributed by atoms with van der Waals surface area (Å²) in [5.41, 5.74) is 2.00. The molecule has 0 saturated heterocycles. The normalized spacial score (nSPS) is 11.7. The van der Waals surface area contributed by atoms with Crippen LogP contribution in [-0.4, -0.2) is 41.7 Å². The number of aliphatic carboxylic acids is 1. The fraction of sp³-hybridized carbons (Fsp3) is 0.0909. The van der Waals surface area contributed by atoms with Crippen molar-refractivity contribution in [3.8, 4) is 17.3 Å². The molecule has 0 aliphatic carbocycles. The lowest BCUT2D eigenvalue weighted by Gasteiger charge is -2.17. The van der Waals surface area contributed by atoms with E-state index in [9.17, 15) is 19.8 Å². The first-order chi connectivity index (χ1) is 15.0. The Bertz CT molecular complexity index is 1180. The van der Waals surface area contributed by atoms with Crippen molar-refractivity contribution in [3.05, 3.63) is 90.4 Å². The maximum absolute atomic E-state index is 12.8. The van der Waals surface area contributed by atoms with Crippen molar-refractivity contribution in [1.29, 1.82) is 0 Å². The summed E-state index contributed by atoms with van der Waals surface area (Å²) in [5.74, 6) is -1.85. The van der Waals surface area contributed by atoms with Crippen LogP contribution in [0.2, 0.25) is 0 Å². The molecule has 0 fully saturated rings. The third-order valence-corrected chi connectivity index (χ3v) is 4.67. The van der Waals surface area contributed by atoms with E-state index in [1.54, 1.807) is 71.7 Å². The number of hydrogen-bond acceptors (Lipinski definition) is 5. The Balaban J connectivity index is 1.55. The largest absolute Gasteiger partial charge is 0.493 e. The molecule has 9 nitrogen and oxygen atoms in total. The van der Waals surface area contributed by atoms with E-state index < -0.39 is 17.9 Å². The van der Waals surface area contributed by atoms with Crippen molar-refractivity contribution in [2.24, 2.45) is 0 Å². The average molecular weight is 417 g/mol. The van der Waals surface area contributed by atoms with Crippen molar-refractivity contribution < 1.29 is 19.8 Å². The SMILES string of the molecule is O=C(O)CC(NC(=O)c1cc(O)n(-c2ccccc2)n1)c1ccc(-n2cccn2)cc1. The molecule has 0 spiro atoms. The van der Waals surface area contributed by atoms with E-state index in [1.165, 1.54) is 10.7 Å². The molecule has 0 radical (unpaired) electrons. The van der Waals surface area contributed by atoms with E-state index in [2.05, 4.69) is 15.5 Å². The van der Waals surface area contributed by atoms with Gasteiger partial charge < -0.3 is 15.5 Å². The molecule has 0 bridgehead atoms. The van der Waals surface area contributed by atoms with Crippen molar-refractivity contribution in [3.63, 3.8) is 0 Å². The standard InChI is InChI=1S/C22H19N5O4/c28-20-13-19(25-27(20)17-5-2-1-3-6-17)22(31)24-18(14-21(29)30)15-7-9-16(10-8-15)26-12-4-11-23-26/h1-13,18,28H,14H2,(H,24,31)(H,29,30). The van der Waals surface area contributed by atoms with E-state index in [0.29, 0.717) is 11.3 Å². The summed E-state index contributed by atoms with van der Waals surface area (Å²) in [7, 11) is 0. The quantitative estimate of drug-likeness (QED) is 0.425. The molecule has 4 rings (SSSR count). The predicted octanol–water partition coefficient (Wildman–Crippen LogP) is 2.71. The number of carbonyl (C=O) groups is 2. The molecular formula is C22H19N5O4. The highest BCUT2D eigenvalue weighted by Crippen LogP contribution is 2.22. The van der Waals surface area contributed by atoms with Gasteiger partial charge in [0.2, 0.25) is 5.88 Å². The summed E-state index contributed by atoms with van der Waals surface area (Å²) < 4.78 is 2.91. The van der Waals surface area contributed by atoms with E-state index >= 15 is 0 Å². The highest BCUT2D eigenvalue weighted by atomic mass is 16.4. The van der Waals surface area contributed by atoms with Crippen molar-refractivity contribution in [2.75, 3.05) is 0 Å².